The van der Waals surface area contributed by atoms with Gasteiger partial charge in [-0.05, 0) is 50.8 Å². The van der Waals surface area contributed by atoms with Crippen LogP contribution in [0.2, 0.25) is 0 Å². The van der Waals surface area contributed by atoms with Crippen LogP contribution in [0, 0.1) is 25.7 Å². The van der Waals surface area contributed by atoms with Crippen molar-refractivity contribution >= 4 is 15.9 Å². The van der Waals surface area contributed by atoms with Crippen molar-refractivity contribution in [1.82, 2.24) is 9.62 Å². The Bertz CT molecular complexity index is 710. The molecule has 1 aliphatic rings. The van der Waals surface area contributed by atoms with E-state index in [4.69, 9.17) is 5.73 Å². The van der Waals surface area contributed by atoms with Crippen molar-refractivity contribution in [3.8, 4) is 0 Å². The molecule has 3 N–H and O–H groups in total. The van der Waals surface area contributed by atoms with Crippen molar-refractivity contribution in [2.45, 2.75) is 38.5 Å². The highest BCUT2D eigenvalue weighted by molar-refractivity contribution is 7.89. The van der Waals surface area contributed by atoms with Crippen LogP contribution < -0.4 is 11.1 Å². The normalized spacial score (nSPS) is 18.1. The number of sulfonamides is 1. The van der Waals surface area contributed by atoms with Gasteiger partial charge in [-0.2, -0.15) is 4.31 Å². The fourth-order valence-corrected chi connectivity index (χ4v) is 4.76. The minimum absolute atomic E-state index is 0.00358. The van der Waals surface area contributed by atoms with Crippen molar-refractivity contribution in [3.63, 3.8) is 0 Å². The standard InChI is InChI=1S/C18H29N3O3S/c1-13-4-5-17(15(3)10-13)25(23,24)21-8-6-16(7-9-21)18(22)20-12-14(2)11-19/h4-5,10,14,16H,6-9,11-12,19H2,1-3H3,(H,20,22). The molecule has 1 fully saturated rings. The first-order valence-electron chi connectivity index (χ1n) is 8.81. The summed E-state index contributed by atoms with van der Waals surface area (Å²) in [6.45, 7) is 7.60. The van der Waals surface area contributed by atoms with Gasteiger partial charge in [-0.25, -0.2) is 8.42 Å². The maximum absolute atomic E-state index is 12.9. The largest absolute Gasteiger partial charge is 0.356 e. The third-order valence-corrected chi connectivity index (χ3v) is 6.86. The first-order valence-corrected chi connectivity index (χ1v) is 10.2. The quantitative estimate of drug-likeness (QED) is 0.795. The topological polar surface area (TPSA) is 92.5 Å². The number of hydrogen-bond donors (Lipinski definition) is 2. The summed E-state index contributed by atoms with van der Waals surface area (Å²) in [5.74, 6) is 0.119. The predicted molar refractivity (Wildman–Crippen MR) is 98.6 cm³/mol. The first kappa shape index (κ1) is 19.9. The molecule has 1 heterocycles. The molecule has 1 aliphatic heterocycles. The predicted octanol–water partition coefficient (Wildman–Crippen LogP) is 1.42. The lowest BCUT2D eigenvalue weighted by Crippen LogP contribution is -2.44. The van der Waals surface area contributed by atoms with Crippen LogP contribution in [0.5, 0.6) is 0 Å². The highest BCUT2D eigenvalue weighted by Crippen LogP contribution is 2.26. The van der Waals surface area contributed by atoms with E-state index in [0.29, 0.717) is 43.9 Å². The van der Waals surface area contributed by atoms with E-state index in [-0.39, 0.29) is 17.7 Å². The van der Waals surface area contributed by atoms with E-state index in [2.05, 4.69) is 5.32 Å². The van der Waals surface area contributed by atoms with Crippen LogP contribution in [0.25, 0.3) is 0 Å². The van der Waals surface area contributed by atoms with Gasteiger partial charge in [0.1, 0.15) is 0 Å². The summed E-state index contributed by atoms with van der Waals surface area (Å²) in [7, 11) is -3.50. The Balaban J connectivity index is 1.98. The van der Waals surface area contributed by atoms with Crippen LogP contribution >= 0.6 is 0 Å². The number of aryl methyl sites for hydroxylation is 2. The number of nitrogens with two attached hydrogens (primary N) is 1. The Kier molecular flexibility index (Phi) is 6.59. The third-order valence-electron chi connectivity index (χ3n) is 4.80. The maximum Gasteiger partial charge on any atom is 0.243 e. The van der Waals surface area contributed by atoms with Gasteiger partial charge in [0.2, 0.25) is 15.9 Å². The fourth-order valence-electron chi connectivity index (χ4n) is 3.09. The first-order chi connectivity index (χ1) is 11.8. The SMILES string of the molecule is Cc1ccc(S(=O)(=O)N2CCC(C(=O)NCC(C)CN)CC2)c(C)c1. The molecule has 0 spiro atoms. The molecular weight excluding hydrogens is 338 g/mol. The summed E-state index contributed by atoms with van der Waals surface area (Å²) >= 11 is 0. The molecule has 7 heteroatoms. The highest BCUT2D eigenvalue weighted by Gasteiger charge is 2.32. The second kappa shape index (κ2) is 8.29. The monoisotopic (exact) mass is 367 g/mol. The number of amides is 1. The summed E-state index contributed by atoms with van der Waals surface area (Å²) in [4.78, 5) is 12.6. The second-order valence-corrected chi connectivity index (χ2v) is 8.94. The van der Waals surface area contributed by atoms with E-state index in [0.717, 1.165) is 11.1 Å². The molecule has 0 radical (unpaired) electrons. The molecule has 1 saturated heterocycles. The number of rotatable bonds is 6. The van der Waals surface area contributed by atoms with Crippen LogP contribution in [0.3, 0.4) is 0 Å². The Morgan fingerprint density at radius 3 is 2.52 bits per heavy atom. The molecule has 1 aromatic carbocycles. The van der Waals surface area contributed by atoms with Gasteiger partial charge in [0, 0.05) is 25.6 Å². The third kappa shape index (κ3) is 4.80. The van der Waals surface area contributed by atoms with E-state index < -0.39 is 10.0 Å². The molecule has 0 saturated carbocycles. The van der Waals surface area contributed by atoms with Crippen molar-refractivity contribution in [2.75, 3.05) is 26.2 Å². The van der Waals surface area contributed by atoms with Gasteiger partial charge < -0.3 is 11.1 Å². The molecule has 2 rings (SSSR count). The molecule has 1 unspecified atom stereocenters. The van der Waals surface area contributed by atoms with Crippen molar-refractivity contribution in [1.29, 1.82) is 0 Å². The summed E-state index contributed by atoms with van der Waals surface area (Å²) < 4.78 is 27.2. The molecule has 140 valence electrons. The molecule has 1 atom stereocenters. The molecule has 6 nitrogen and oxygen atoms in total. The Morgan fingerprint density at radius 1 is 1.32 bits per heavy atom. The zero-order chi connectivity index (χ0) is 18.6. The Labute approximate surface area is 150 Å². The molecule has 0 aliphatic carbocycles. The lowest BCUT2D eigenvalue weighted by molar-refractivity contribution is -0.126. The van der Waals surface area contributed by atoms with Crippen LogP contribution in [0.1, 0.15) is 30.9 Å². The number of benzene rings is 1. The molecule has 0 aromatic heterocycles. The minimum atomic E-state index is -3.50. The van der Waals surface area contributed by atoms with Crippen molar-refractivity contribution in [2.24, 2.45) is 17.6 Å². The molecule has 0 bridgehead atoms. The van der Waals surface area contributed by atoms with Crippen molar-refractivity contribution < 1.29 is 13.2 Å². The van der Waals surface area contributed by atoms with Crippen LogP contribution in [-0.4, -0.2) is 44.8 Å². The van der Waals surface area contributed by atoms with Gasteiger partial charge in [0.15, 0.2) is 0 Å². The van der Waals surface area contributed by atoms with E-state index in [9.17, 15) is 13.2 Å². The van der Waals surface area contributed by atoms with E-state index in [1.54, 1.807) is 6.07 Å². The summed E-state index contributed by atoms with van der Waals surface area (Å²) in [5.41, 5.74) is 7.36. The zero-order valence-electron chi connectivity index (χ0n) is 15.3. The molecule has 1 aromatic rings. The number of piperidine rings is 1. The number of carbonyl (C=O) groups excluding carboxylic acids is 1. The Hall–Kier alpha value is -1.44. The Morgan fingerprint density at radius 2 is 1.96 bits per heavy atom. The van der Waals surface area contributed by atoms with Crippen molar-refractivity contribution in [3.05, 3.63) is 29.3 Å². The van der Waals surface area contributed by atoms with Gasteiger partial charge in [-0.1, -0.05) is 24.6 Å². The lowest BCUT2D eigenvalue weighted by atomic mass is 9.97. The van der Waals surface area contributed by atoms with E-state index in [1.807, 2.05) is 32.9 Å². The smallest absolute Gasteiger partial charge is 0.243 e. The molecular formula is C18H29N3O3S. The van der Waals surface area contributed by atoms with Gasteiger partial charge >= 0.3 is 0 Å². The van der Waals surface area contributed by atoms with Gasteiger partial charge in [-0.15, -0.1) is 0 Å². The summed E-state index contributed by atoms with van der Waals surface area (Å²) in [6.07, 6.45) is 1.10. The van der Waals surface area contributed by atoms with Crippen LogP contribution in [0.15, 0.2) is 23.1 Å². The van der Waals surface area contributed by atoms with Crippen LogP contribution in [0.4, 0.5) is 0 Å². The molecule has 25 heavy (non-hydrogen) atoms. The van der Waals surface area contributed by atoms with Gasteiger partial charge in [-0.3, -0.25) is 4.79 Å². The number of nitrogens with zero attached hydrogens (tertiary/aromatic N) is 1. The van der Waals surface area contributed by atoms with E-state index in [1.165, 1.54) is 4.31 Å². The number of carbonyl (C=O) groups is 1. The van der Waals surface area contributed by atoms with Crippen LogP contribution in [-0.2, 0) is 14.8 Å². The highest BCUT2D eigenvalue weighted by atomic mass is 32.2. The zero-order valence-corrected chi connectivity index (χ0v) is 16.1. The second-order valence-electron chi connectivity index (χ2n) is 7.03. The fraction of sp³-hybridized carbons (Fsp3) is 0.611. The maximum atomic E-state index is 12.9. The number of hydrogen-bond acceptors (Lipinski definition) is 4. The number of nitrogens with one attached hydrogen (secondary N) is 1. The average molecular weight is 368 g/mol. The van der Waals surface area contributed by atoms with Gasteiger partial charge in [0.25, 0.3) is 0 Å². The van der Waals surface area contributed by atoms with E-state index >= 15 is 0 Å². The summed E-state index contributed by atoms with van der Waals surface area (Å²) in [6, 6.07) is 5.37. The minimum Gasteiger partial charge on any atom is -0.356 e. The lowest BCUT2D eigenvalue weighted by Gasteiger charge is -2.31. The summed E-state index contributed by atoms with van der Waals surface area (Å²) in [5, 5.41) is 2.92. The molecule has 1 amide bonds. The average Bonchev–Trinajstić information content (AvgIpc) is 2.59. The van der Waals surface area contributed by atoms with Gasteiger partial charge in [0.05, 0.1) is 4.90 Å².